The van der Waals surface area contributed by atoms with Crippen LogP contribution < -0.4 is 5.32 Å². The monoisotopic (exact) mass is 290 g/mol. The van der Waals surface area contributed by atoms with Gasteiger partial charge in [-0.25, -0.2) is 4.98 Å². The zero-order valence-corrected chi connectivity index (χ0v) is 12.9. The van der Waals surface area contributed by atoms with Gasteiger partial charge in [0.1, 0.15) is 5.65 Å². The van der Waals surface area contributed by atoms with E-state index in [0.717, 1.165) is 11.3 Å². The van der Waals surface area contributed by atoms with E-state index in [1.54, 1.807) is 13.8 Å². The van der Waals surface area contributed by atoms with Crippen LogP contribution in [0.4, 0.5) is 0 Å². The van der Waals surface area contributed by atoms with Crippen molar-refractivity contribution in [1.82, 2.24) is 19.6 Å². The lowest BCUT2D eigenvalue weighted by atomic mass is 10.1. The Labute approximate surface area is 124 Å². The van der Waals surface area contributed by atoms with Gasteiger partial charge in [-0.1, -0.05) is 6.07 Å². The maximum atomic E-state index is 12.5. The first-order valence-corrected chi connectivity index (χ1v) is 6.88. The Morgan fingerprint density at radius 3 is 2.76 bits per heavy atom. The highest BCUT2D eigenvalue weighted by Gasteiger charge is 2.25. The fourth-order valence-electron chi connectivity index (χ4n) is 2.09. The van der Waals surface area contributed by atoms with Crippen molar-refractivity contribution in [2.24, 2.45) is 0 Å². The lowest BCUT2D eigenvalue weighted by molar-refractivity contribution is 0.0863. The van der Waals surface area contributed by atoms with Gasteiger partial charge in [0.2, 0.25) is 0 Å². The van der Waals surface area contributed by atoms with Gasteiger partial charge in [-0.05, 0) is 40.1 Å². The predicted molar refractivity (Wildman–Crippen MR) is 81.2 cm³/mol. The molecule has 21 heavy (non-hydrogen) atoms. The van der Waals surface area contributed by atoms with E-state index >= 15 is 0 Å². The number of hydrogen-bond acceptors (Lipinski definition) is 4. The SMILES string of the molecule is CN(C)Cc1c(C(=O)NC(C)(C)CO)nc2ccccn12. The Morgan fingerprint density at radius 1 is 1.43 bits per heavy atom. The minimum Gasteiger partial charge on any atom is -0.394 e. The first-order chi connectivity index (χ1) is 9.84. The molecule has 1 amide bonds. The summed E-state index contributed by atoms with van der Waals surface area (Å²) in [6.07, 6.45) is 1.90. The number of carbonyl (C=O) groups excluding carboxylic acids is 1. The molecule has 0 fully saturated rings. The van der Waals surface area contributed by atoms with Crippen LogP contribution in [-0.2, 0) is 6.54 Å². The largest absolute Gasteiger partial charge is 0.394 e. The molecule has 2 aromatic rings. The molecule has 0 saturated carbocycles. The highest BCUT2D eigenvalue weighted by molar-refractivity contribution is 5.94. The summed E-state index contributed by atoms with van der Waals surface area (Å²) in [6, 6.07) is 5.67. The number of nitrogens with zero attached hydrogens (tertiary/aromatic N) is 3. The topological polar surface area (TPSA) is 69.9 Å². The first-order valence-electron chi connectivity index (χ1n) is 6.88. The van der Waals surface area contributed by atoms with Gasteiger partial charge in [0, 0.05) is 12.7 Å². The van der Waals surface area contributed by atoms with Crippen LogP contribution in [0.2, 0.25) is 0 Å². The molecule has 0 aromatic carbocycles. The van der Waals surface area contributed by atoms with Gasteiger partial charge in [0.15, 0.2) is 5.69 Å². The van der Waals surface area contributed by atoms with Crippen molar-refractivity contribution in [3.8, 4) is 0 Å². The van der Waals surface area contributed by atoms with Crippen molar-refractivity contribution < 1.29 is 9.90 Å². The first kappa shape index (κ1) is 15.5. The lowest BCUT2D eigenvalue weighted by Gasteiger charge is -2.23. The fraction of sp³-hybridized carbons (Fsp3) is 0.467. The maximum Gasteiger partial charge on any atom is 0.272 e. The summed E-state index contributed by atoms with van der Waals surface area (Å²) in [5.41, 5.74) is 1.29. The van der Waals surface area contributed by atoms with Crippen molar-refractivity contribution in [2.75, 3.05) is 20.7 Å². The normalized spacial score (nSPS) is 12.1. The summed E-state index contributed by atoms with van der Waals surface area (Å²) < 4.78 is 1.92. The van der Waals surface area contributed by atoms with E-state index in [4.69, 9.17) is 0 Å². The second-order valence-electron chi connectivity index (χ2n) is 6.07. The zero-order chi connectivity index (χ0) is 15.6. The number of amides is 1. The quantitative estimate of drug-likeness (QED) is 0.858. The van der Waals surface area contributed by atoms with Crippen LogP contribution in [0.3, 0.4) is 0 Å². The molecule has 0 aliphatic carbocycles. The Hall–Kier alpha value is -1.92. The summed E-state index contributed by atoms with van der Waals surface area (Å²) in [6.45, 7) is 4.02. The number of hydrogen-bond donors (Lipinski definition) is 2. The number of imidazole rings is 1. The summed E-state index contributed by atoms with van der Waals surface area (Å²) in [4.78, 5) is 18.9. The molecule has 0 spiro atoms. The van der Waals surface area contributed by atoms with Crippen LogP contribution in [-0.4, -0.2) is 51.5 Å². The molecule has 2 N–H and O–H groups in total. The predicted octanol–water partition coefficient (Wildman–Crippen LogP) is 0.897. The molecule has 2 rings (SSSR count). The third-order valence-electron chi connectivity index (χ3n) is 3.16. The van der Waals surface area contributed by atoms with Crippen molar-refractivity contribution >= 4 is 11.6 Å². The van der Waals surface area contributed by atoms with Crippen LogP contribution in [0.25, 0.3) is 5.65 Å². The molecule has 0 saturated heterocycles. The van der Waals surface area contributed by atoms with E-state index in [0.29, 0.717) is 12.2 Å². The molecular weight excluding hydrogens is 268 g/mol. The van der Waals surface area contributed by atoms with E-state index in [1.165, 1.54) is 0 Å². The zero-order valence-electron chi connectivity index (χ0n) is 12.9. The van der Waals surface area contributed by atoms with Crippen LogP contribution >= 0.6 is 0 Å². The molecule has 2 heterocycles. The number of rotatable bonds is 5. The average Bonchev–Trinajstić information content (AvgIpc) is 2.77. The molecule has 0 unspecified atom stereocenters. The van der Waals surface area contributed by atoms with Gasteiger partial charge >= 0.3 is 0 Å². The van der Waals surface area contributed by atoms with E-state index < -0.39 is 5.54 Å². The Bertz CT molecular complexity index is 646. The summed E-state index contributed by atoms with van der Waals surface area (Å²) in [7, 11) is 3.89. The number of pyridine rings is 1. The Morgan fingerprint density at radius 2 is 2.14 bits per heavy atom. The van der Waals surface area contributed by atoms with Gasteiger partial charge < -0.3 is 19.7 Å². The highest BCUT2D eigenvalue weighted by Crippen LogP contribution is 2.15. The smallest absolute Gasteiger partial charge is 0.272 e. The Balaban J connectivity index is 2.44. The fourth-order valence-corrected chi connectivity index (χ4v) is 2.09. The number of aliphatic hydroxyl groups excluding tert-OH is 1. The Kier molecular flexibility index (Phi) is 4.29. The summed E-state index contributed by atoms with van der Waals surface area (Å²) >= 11 is 0. The molecule has 0 aliphatic heterocycles. The van der Waals surface area contributed by atoms with Crippen LogP contribution in [0.15, 0.2) is 24.4 Å². The average molecular weight is 290 g/mol. The third kappa shape index (κ3) is 3.40. The van der Waals surface area contributed by atoms with Gasteiger partial charge in [-0.2, -0.15) is 0 Å². The van der Waals surface area contributed by atoms with Crippen LogP contribution in [0, 0.1) is 0 Å². The number of nitrogens with one attached hydrogen (secondary N) is 1. The molecule has 0 bridgehead atoms. The van der Waals surface area contributed by atoms with Gasteiger partial charge in [-0.3, -0.25) is 4.79 Å². The molecule has 2 aromatic heterocycles. The second-order valence-corrected chi connectivity index (χ2v) is 6.07. The minimum absolute atomic E-state index is 0.130. The van der Waals surface area contributed by atoms with E-state index in [-0.39, 0.29) is 12.5 Å². The molecular formula is C15H22N4O2. The summed E-state index contributed by atoms with van der Waals surface area (Å²) in [5.74, 6) is -0.269. The van der Waals surface area contributed by atoms with Gasteiger partial charge in [0.05, 0.1) is 17.8 Å². The van der Waals surface area contributed by atoms with Crippen LogP contribution in [0.5, 0.6) is 0 Å². The molecule has 6 nitrogen and oxygen atoms in total. The number of aliphatic hydroxyl groups is 1. The number of carbonyl (C=O) groups is 1. The lowest BCUT2D eigenvalue weighted by Crippen LogP contribution is -2.46. The van der Waals surface area contributed by atoms with Crippen LogP contribution in [0.1, 0.15) is 30.0 Å². The van der Waals surface area contributed by atoms with E-state index in [9.17, 15) is 9.90 Å². The van der Waals surface area contributed by atoms with Crippen molar-refractivity contribution in [2.45, 2.75) is 25.9 Å². The van der Waals surface area contributed by atoms with E-state index in [2.05, 4.69) is 10.3 Å². The molecule has 0 aliphatic rings. The standard InChI is InChI=1S/C15H22N4O2/c1-15(2,10-20)17-14(21)13-11(9-18(3)4)19-8-6-5-7-12(19)16-13/h5-8,20H,9-10H2,1-4H3,(H,17,21). The number of aromatic nitrogens is 2. The van der Waals surface area contributed by atoms with Gasteiger partial charge in [0.25, 0.3) is 5.91 Å². The molecule has 0 atom stereocenters. The highest BCUT2D eigenvalue weighted by atomic mass is 16.3. The minimum atomic E-state index is -0.678. The molecule has 6 heteroatoms. The summed E-state index contributed by atoms with van der Waals surface area (Å²) in [5, 5.41) is 12.1. The van der Waals surface area contributed by atoms with Crippen molar-refractivity contribution in [3.05, 3.63) is 35.8 Å². The second kappa shape index (κ2) is 5.83. The van der Waals surface area contributed by atoms with E-state index in [1.807, 2.05) is 47.8 Å². The van der Waals surface area contributed by atoms with Gasteiger partial charge in [-0.15, -0.1) is 0 Å². The maximum absolute atomic E-state index is 12.5. The molecule has 0 radical (unpaired) electrons. The van der Waals surface area contributed by atoms with Crippen molar-refractivity contribution in [1.29, 1.82) is 0 Å². The molecule has 114 valence electrons. The van der Waals surface area contributed by atoms with Crippen molar-refractivity contribution in [3.63, 3.8) is 0 Å². The third-order valence-corrected chi connectivity index (χ3v) is 3.16. The number of fused-ring (bicyclic) bond motifs is 1.